The molecule has 0 saturated heterocycles. The van der Waals surface area contributed by atoms with Crippen LogP contribution >= 0.6 is 0 Å². The van der Waals surface area contributed by atoms with Crippen molar-refractivity contribution in [1.29, 1.82) is 0 Å². The highest BCUT2D eigenvalue weighted by atomic mass is 16.2. The second-order valence-electron chi connectivity index (χ2n) is 3.02. The molecule has 0 atom stereocenters. The van der Waals surface area contributed by atoms with Crippen molar-refractivity contribution in [2.45, 2.75) is 19.8 Å². The summed E-state index contributed by atoms with van der Waals surface area (Å²) in [5.74, 6) is -0.451. The summed E-state index contributed by atoms with van der Waals surface area (Å²) in [4.78, 5) is 23.5. The third-order valence-corrected chi connectivity index (χ3v) is 2.02. The van der Waals surface area contributed by atoms with E-state index in [2.05, 4.69) is 0 Å². The highest BCUT2D eigenvalue weighted by Gasteiger charge is 2.16. The van der Waals surface area contributed by atoms with E-state index in [9.17, 15) is 9.59 Å². The number of imide groups is 1. The van der Waals surface area contributed by atoms with E-state index in [1.165, 1.54) is 14.0 Å². The SMILES string of the molecule is CC(=O)N(C)C(=O)C1=CCCC=C1. The molecule has 0 bridgehead atoms. The zero-order chi connectivity index (χ0) is 9.84. The van der Waals surface area contributed by atoms with Crippen molar-refractivity contribution >= 4 is 11.8 Å². The van der Waals surface area contributed by atoms with E-state index in [0.717, 1.165) is 17.7 Å². The molecule has 70 valence electrons. The summed E-state index contributed by atoms with van der Waals surface area (Å²) in [7, 11) is 1.49. The molecule has 1 aliphatic rings. The number of allylic oxidation sites excluding steroid dienone is 2. The van der Waals surface area contributed by atoms with Gasteiger partial charge in [-0.2, -0.15) is 0 Å². The molecule has 0 N–H and O–H groups in total. The van der Waals surface area contributed by atoms with Crippen LogP contribution in [-0.4, -0.2) is 23.8 Å². The number of rotatable bonds is 1. The second-order valence-corrected chi connectivity index (χ2v) is 3.02. The third kappa shape index (κ3) is 2.28. The summed E-state index contributed by atoms with van der Waals surface area (Å²) in [6.45, 7) is 1.38. The molecule has 0 fully saturated rings. The topological polar surface area (TPSA) is 37.4 Å². The highest BCUT2D eigenvalue weighted by molar-refractivity contribution is 6.05. The molecular formula is C10H13NO2. The lowest BCUT2D eigenvalue weighted by Crippen LogP contribution is -2.32. The average Bonchev–Trinajstić information content (AvgIpc) is 2.17. The Hall–Kier alpha value is -1.38. The first-order chi connectivity index (χ1) is 6.13. The van der Waals surface area contributed by atoms with E-state index >= 15 is 0 Å². The normalized spacial score (nSPS) is 15.1. The molecule has 13 heavy (non-hydrogen) atoms. The molecule has 0 heterocycles. The number of amides is 2. The minimum atomic E-state index is -0.232. The van der Waals surface area contributed by atoms with Crippen molar-refractivity contribution in [3.8, 4) is 0 Å². The Kier molecular flexibility index (Phi) is 3.01. The smallest absolute Gasteiger partial charge is 0.259 e. The van der Waals surface area contributed by atoms with Gasteiger partial charge in [0, 0.05) is 19.5 Å². The summed E-state index contributed by atoms with van der Waals surface area (Å²) in [5.41, 5.74) is 0.615. The summed E-state index contributed by atoms with van der Waals surface area (Å²) in [5, 5.41) is 0. The monoisotopic (exact) mass is 179 g/mol. The predicted octanol–water partition coefficient (Wildman–Crippen LogP) is 1.27. The van der Waals surface area contributed by atoms with Crippen LogP contribution in [0.3, 0.4) is 0 Å². The minimum Gasteiger partial charge on any atom is -0.282 e. The molecule has 0 aromatic heterocycles. The molecule has 2 amide bonds. The Morgan fingerprint density at radius 3 is 2.54 bits per heavy atom. The van der Waals surface area contributed by atoms with Crippen molar-refractivity contribution < 1.29 is 9.59 Å². The van der Waals surface area contributed by atoms with Crippen molar-refractivity contribution in [1.82, 2.24) is 4.90 Å². The third-order valence-electron chi connectivity index (χ3n) is 2.02. The van der Waals surface area contributed by atoms with Crippen LogP contribution in [0.1, 0.15) is 19.8 Å². The Bertz CT molecular complexity index is 289. The first kappa shape index (κ1) is 9.71. The first-order valence-electron chi connectivity index (χ1n) is 4.28. The van der Waals surface area contributed by atoms with Gasteiger partial charge in [0.25, 0.3) is 5.91 Å². The highest BCUT2D eigenvalue weighted by Crippen LogP contribution is 2.11. The van der Waals surface area contributed by atoms with Gasteiger partial charge < -0.3 is 0 Å². The van der Waals surface area contributed by atoms with Gasteiger partial charge in [-0.3, -0.25) is 14.5 Å². The van der Waals surface area contributed by atoms with Gasteiger partial charge in [-0.25, -0.2) is 0 Å². The van der Waals surface area contributed by atoms with Gasteiger partial charge >= 0.3 is 0 Å². The fraction of sp³-hybridized carbons (Fsp3) is 0.400. The number of likely N-dealkylation sites (N-methyl/N-ethyl adjacent to an activating group) is 1. The van der Waals surface area contributed by atoms with E-state index in [0.29, 0.717) is 5.57 Å². The molecule has 0 aromatic carbocycles. The van der Waals surface area contributed by atoms with Crippen molar-refractivity contribution in [2.75, 3.05) is 7.05 Å². The molecule has 0 spiro atoms. The lowest BCUT2D eigenvalue weighted by atomic mass is 10.1. The van der Waals surface area contributed by atoms with Gasteiger partial charge in [-0.15, -0.1) is 0 Å². The Labute approximate surface area is 77.7 Å². The summed E-state index contributed by atoms with van der Waals surface area (Å²) in [6, 6.07) is 0. The molecule has 1 rings (SSSR count). The predicted molar refractivity (Wildman–Crippen MR) is 49.9 cm³/mol. The van der Waals surface area contributed by atoms with Gasteiger partial charge in [0.1, 0.15) is 0 Å². The minimum absolute atomic E-state index is 0.219. The van der Waals surface area contributed by atoms with Crippen LogP contribution < -0.4 is 0 Å². The van der Waals surface area contributed by atoms with Crippen LogP contribution in [0.4, 0.5) is 0 Å². The second kappa shape index (κ2) is 4.03. The zero-order valence-electron chi connectivity index (χ0n) is 7.91. The molecule has 0 aliphatic heterocycles. The zero-order valence-corrected chi connectivity index (χ0v) is 7.91. The van der Waals surface area contributed by atoms with Crippen LogP contribution in [0.15, 0.2) is 23.8 Å². The van der Waals surface area contributed by atoms with E-state index in [-0.39, 0.29) is 11.8 Å². The average molecular weight is 179 g/mol. The van der Waals surface area contributed by atoms with Crippen LogP contribution in [-0.2, 0) is 9.59 Å². The lowest BCUT2D eigenvalue weighted by molar-refractivity contribution is -0.139. The lowest BCUT2D eigenvalue weighted by Gasteiger charge is -2.14. The first-order valence-corrected chi connectivity index (χ1v) is 4.28. The molecule has 0 aromatic rings. The Morgan fingerprint density at radius 1 is 1.38 bits per heavy atom. The van der Waals surface area contributed by atoms with Gasteiger partial charge in [0.15, 0.2) is 0 Å². The number of hydrogen-bond acceptors (Lipinski definition) is 2. The molecule has 1 aliphatic carbocycles. The van der Waals surface area contributed by atoms with Crippen molar-refractivity contribution in [2.24, 2.45) is 0 Å². The standard InChI is InChI=1S/C10H13NO2/c1-8(12)11(2)10(13)9-6-4-3-5-7-9/h4,6-7H,3,5H2,1-2H3. The van der Waals surface area contributed by atoms with E-state index in [4.69, 9.17) is 0 Å². The van der Waals surface area contributed by atoms with Gasteiger partial charge in [0.05, 0.1) is 0 Å². The van der Waals surface area contributed by atoms with E-state index in [1.807, 2.05) is 12.2 Å². The van der Waals surface area contributed by atoms with Crippen LogP contribution in [0.5, 0.6) is 0 Å². The molecule has 3 heteroatoms. The number of nitrogens with zero attached hydrogens (tertiary/aromatic N) is 1. The van der Waals surface area contributed by atoms with E-state index in [1.54, 1.807) is 6.08 Å². The maximum Gasteiger partial charge on any atom is 0.259 e. The van der Waals surface area contributed by atoms with Gasteiger partial charge in [-0.05, 0) is 12.8 Å². The van der Waals surface area contributed by atoms with Crippen molar-refractivity contribution in [3.63, 3.8) is 0 Å². The van der Waals surface area contributed by atoms with E-state index < -0.39 is 0 Å². The van der Waals surface area contributed by atoms with Crippen LogP contribution in [0.2, 0.25) is 0 Å². The molecule has 3 nitrogen and oxygen atoms in total. The molecule has 0 unspecified atom stereocenters. The van der Waals surface area contributed by atoms with Crippen LogP contribution in [0, 0.1) is 0 Å². The maximum absolute atomic E-state index is 11.5. The molecule has 0 radical (unpaired) electrons. The van der Waals surface area contributed by atoms with Crippen molar-refractivity contribution in [3.05, 3.63) is 23.8 Å². The van der Waals surface area contributed by atoms with Gasteiger partial charge in [-0.1, -0.05) is 18.2 Å². The largest absolute Gasteiger partial charge is 0.282 e. The Balaban J connectivity index is 2.72. The fourth-order valence-electron chi connectivity index (χ4n) is 1.11. The number of carbonyl (C=O) groups is 2. The maximum atomic E-state index is 11.5. The molecular weight excluding hydrogens is 166 g/mol. The number of hydrogen-bond donors (Lipinski definition) is 0. The fourth-order valence-corrected chi connectivity index (χ4v) is 1.11. The molecule has 0 saturated carbocycles. The number of carbonyl (C=O) groups excluding carboxylic acids is 2. The quantitative estimate of drug-likeness (QED) is 0.607. The van der Waals surface area contributed by atoms with Crippen LogP contribution in [0.25, 0.3) is 0 Å². The summed E-state index contributed by atoms with van der Waals surface area (Å²) >= 11 is 0. The van der Waals surface area contributed by atoms with Gasteiger partial charge in [0.2, 0.25) is 5.91 Å². The summed E-state index contributed by atoms with van der Waals surface area (Å²) < 4.78 is 0. The summed E-state index contributed by atoms with van der Waals surface area (Å²) in [6.07, 6.45) is 7.43. The Morgan fingerprint density at radius 2 is 2.08 bits per heavy atom.